The van der Waals surface area contributed by atoms with Gasteiger partial charge in [0.05, 0.1) is 0 Å². The molecule has 4 rings (SSSR count). The minimum absolute atomic E-state index is 0. The Labute approximate surface area is 178 Å². The number of rotatable bonds is 6. The van der Waals surface area contributed by atoms with Crippen LogP contribution in [0, 0.1) is 5.92 Å². The molecule has 1 aromatic heterocycles. The van der Waals surface area contributed by atoms with Crippen LogP contribution in [-0.2, 0) is 18.4 Å². The smallest absolute Gasteiger partial charge is 0.224 e. The lowest BCUT2D eigenvalue weighted by Crippen LogP contribution is -2.39. The van der Waals surface area contributed by atoms with E-state index in [9.17, 15) is 4.79 Å². The molecule has 2 atom stereocenters. The lowest BCUT2D eigenvalue weighted by molar-refractivity contribution is -0.117. The Balaban J connectivity index is 0.00000140. The van der Waals surface area contributed by atoms with Gasteiger partial charge in [-0.25, -0.2) is 4.98 Å². The van der Waals surface area contributed by atoms with E-state index in [2.05, 4.69) is 15.6 Å². The number of aromatic nitrogens is 2. The molecule has 8 heteroatoms. The first-order chi connectivity index (χ1) is 12.7. The summed E-state index contributed by atoms with van der Waals surface area (Å²) in [7, 11) is 1.94. The molecule has 2 aromatic rings. The molecule has 2 aliphatic rings. The van der Waals surface area contributed by atoms with Crippen LogP contribution in [0.1, 0.15) is 37.9 Å². The van der Waals surface area contributed by atoms with Gasteiger partial charge in [0.15, 0.2) is 0 Å². The van der Waals surface area contributed by atoms with E-state index in [1.54, 1.807) is 6.20 Å². The van der Waals surface area contributed by atoms with Gasteiger partial charge in [0.25, 0.3) is 0 Å². The average Bonchev–Trinajstić information content (AvgIpc) is 3.19. The van der Waals surface area contributed by atoms with Gasteiger partial charge < -0.3 is 19.9 Å². The van der Waals surface area contributed by atoms with Gasteiger partial charge in [0.1, 0.15) is 18.2 Å². The number of fused-ring (bicyclic) bond motifs is 2. The summed E-state index contributed by atoms with van der Waals surface area (Å²) in [5.41, 5.74) is 0.816. The first-order valence-electron chi connectivity index (χ1n) is 9.40. The number of piperidine rings is 1. The zero-order valence-corrected chi connectivity index (χ0v) is 17.6. The van der Waals surface area contributed by atoms with Crippen molar-refractivity contribution < 1.29 is 9.53 Å². The quantitative estimate of drug-likeness (QED) is 0.738. The minimum Gasteiger partial charge on any atom is -0.486 e. The number of anilines is 1. The Kier molecular flexibility index (Phi) is 8.16. The summed E-state index contributed by atoms with van der Waals surface area (Å²) in [6.07, 6.45) is 9.06. The van der Waals surface area contributed by atoms with Crippen molar-refractivity contribution in [1.29, 1.82) is 0 Å². The Bertz CT molecular complexity index is 754. The number of carbonyl (C=O) groups is 1. The second-order valence-electron chi connectivity index (χ2n) is 7.50. The van der Waals surface area contributed by atoms with Gasteiger partial charge in [0.2, 0.25) is 5.91 Å². The molecule has 1 aromatic carbocycles. The van der Waals surface area contributed by atoms with Crippen molar-refractivity contribution in [2.45, 2.75) is 50.8 Å². The van der Waals surface area contributed by atoms with E-state index >= 15 is 0 Å². The molecule has 2 fully saturated rings. The van der Waals surface area contributed by atoms with Gasteiger partial charge in [-0.1, -0.05) is 0 Å². The first-order valence-corrected chi connectivity index (χ1v) is 9.40. The minimum atomic E-state index is 0. The molecule has 3 heterocycles. The molecule has 0 spiro atoms. The van der Waals surface area contributed by atoms with Gasteiger partial charge >= 0.3 is 0 Å². The molecule has 2 saturated heterocycles. The highest BCUT2D eigenvalue weighted by Crippen LogP contribution is 2.32. The SMILES string of the molecule is Cl.Cl.Cn1ccnc1COc1ccc(NC(=O)CC2CC3CCC(C2)N3)cc1. The maximum atomic E-state index is 12.3. The number of hydrogen-bond acceptors (Lipinski definition) is 4. The van der Waals surface area contributed by atoms with Crippen molar-refractivity contribution in [2.75, 3.05) is 5.32 Å². The molecular weight excluding hydrogens is 399 g/mol. The lowest BCUT2D eigenvalue weighted by Gasteiger charge is -2.28. The number of halogens is 2. The van der Waals surface area contributed by atoms with E-state index in [0.29, 0.717) is 31.0 Å². The average molecular weight is 427 g/mol. The molecule has 2 aliphatic heterocycles. The van der Waals surface area contributed by atoms with E-state index in [1.807, 2.05) is 42.1 Å². The van der Waals surface area contributed by atoms with Gasteiger partial charge in [-0.3, -0.25) is 4.79 Å². The molecule has 2 unspecified atom stereocenters. The van der Waals surface area contributed by atoms with Gasteiger partial charge in [-0.05, 0) is 55.9 Å². The Morgan fingerprint density at radius 2 is 1.89 bits per heavy atom. The molecule has 0 aliphatic carbocycles. The molecule has 6 nitrogen and oxygen atoms in total. The third kappa shape index (κ3) is 5.63. The Hall–Kier alpha value is -1.76. The van der Waals surface area contributed by atoms with Crippen LogP contribution in [-0.4, -0.2) is 27.5 Å². The summed E-state index contributed by atoms with van der Waals surface area (Å²) in [6.45, 7) is 0.424. The van der Waals surface area contributed by atoms with E-state index in [1.165, 1.54) is 12.8 Å². The van der Waals surface area contributed by atoms with Crippen molar-refractivity contribution in [3.05, 3.63) is 42.5 Å². The van der Waals surface area contributed by atoms with Crippen molar-refractivity contribution in [3.63, 3.8) is 0 Å². The number of aryl methyl sites for hydroxylation is 1. The Morgan fingerprint density at radius 1 is 1.21 bits per heavy atom. The summed E-state index contributed by atoms with van der Waals surface area (Å²) in [6, 6.07) is 8.78. The van der Waals surface area contributed by atoms with Crippen molar-refractivity contribution >= 4 is 36.4 Å². The van der Waals surface area contributed by atoms with Crippen molar-refractivity contribution in [1.82, 2.24) is 14.9 Å². The summed E-state index contributed by atoms with van der Waals surface area (Å²) < 4.78 is 7.67. The van der Waals surface area contributed by atoms with Gasteiger partial charge in [-0.2, -0.15) is 0 Å². The number of ether oxygens (including phenoxy) is 1. The van der Waals surface area contributed by atoms with Crippen LogP contribution in [0.5, 0.6) is 5.75 Å². The van der Waals surface area contributed by atoms with E-state index in [0.717, 1.165) is 30.1 Å². The summed E-state index contributed by atoms with van der Waals surface area (Å²) in [5.74, 6) is 2.26. The number of amides is 1. The highest BCUT2D eigenvalue weighted by atomic mass is 35.5. The van der Waals surface area contributed by atoms with Crippen LogP contribution in [0.15, 0.2) is 36.7 Å². The zero-order chi connectivity index (χ0) is 17.9. The van der Waals surface area contributed by atoms with Crippen LogP contribution in [0.25, 0.3) is 0 Å². The second kappa shape index (κ2) is 10.1. The molecular formula is C20H28Cl2N4O2. The molecule has 28 heavy (non-hydrogen) atoms. The number of benzene rings is 1. The van der Waals surface area contributed by atoms with Gasteiger partial charge in [-0.15, -0.1) is 24.8 Å². The molecule has 154 valence electrons. The van der Waals surface area contributed by atoms with E-state index in [-0.39, 0.29) is 30.7 Å². The van der Waals surface area contributed by atoms with Crippen LogP contribution in [0.4, 0.5) is 5.69 Å². The monoisotopic (exact) mass is 426 g/mol. The van der Waals surface area contributed by atoms with Crippen LogP contribution in [0.2, 0.25) is 0 Å². The predicted molar refractivity (Wildman–Crippen MR) is 114 cm³/mol. The number of nitrogens with zero attached hydrogens (tertiary/aromatic N) is 2. The van der Waals surface area contributed by atoms with Crippen LogP contribution >= 0.6 is 24.8 Å². The normalized spacial score (nSPS) is 22.7. The Morgan fingerprint density at radius 3 is 2.50 bits per heavy atom. The first kappa shape index (κ1) is 22.5. The molecule has 2 bridgehead atoms. The summed E-state index contributed by atoms with van der Waals surface area (Å²) >= 11 is 0. The fourth-order valence-corrected chi connectivity index (χ4v) is 4.13. The van der Waals surface area contributed by atoms with Crippen LogP contribution in [0.3, 0.4) is 0 Å². The number of nitrogens with one attached hydrogen (secondary N) is 2. The number of imidazole rings is 1. The molecule has 1 amide bonds. The second-order valence-corrected chi connectivity index (χ2v) is 7.50. The fraction of sp³-hybridized carbons (Fsp3) is 0.500. The largest absolute Gasteiger partial charge is 0.486 e. The molecule has 2 N–H and O–H groups in total. The lowest BCUT2D eigenvalue weighted by atomic mass is 9.89. The van der Waals surface area contributed by atoms with Crippen LogP contribution < -0.4 is 15.4 Å². The van der Waals surface area contributed by atoms with Crippen molar-refractivity contribution in [3.8, 4) is 5.75 Å². The highest BCUT2D eigenvalue weighted by molar-refractivity contribution is 5.90. The maximum absolute atomic E-state index is 12.3. The topological polar surface area (TPSA) is 68.2 Å². The molecule has 0 saturated carbocycles. The summed E-state index contributed by atoms with van der Waals surface area (Å²) in [5, 5.41) is 6.64. The predicted octanol–water partition coefficient (Wildman–Crippen LogP) is 3.70. The zero-order valence-electron chi connectivity index (χ0n) is 16.0. The third-order valence-corrected chi connectivity index (χ3v) is 5.47. The fourth-order valence-electron chi connectivity index (χ4n) is 4.13. The van der Waals surface area contributed by atoms with Crippen molar-refractivity contribution in [2.24, 2.45) is 13.0 Å². The molecule has 0 radical (unpaired) electrons. The van der Waals surface area contributed by atoms with Gasteiger partial charge in [0, 0.05) is 43.6 Å². The standard InChI is InChI=1S/C20H26N4O2.2ClH/c1-24-9-8-21-19(24)13-26-18-6-4-15(5-7-18)23-20(25)12-14-10-16-2-3-17(11-14)22-16;;/h4-9,14,16-17,22H,2-3,10-13H2,1H3,(H,23,25);2*1H. The summed E-state index contributed by atoms with van der Waals surface area (Å²) in [4.78, 5) is 16.6. The number of carbonyl (C=O) groups excluding carboxylic acids is 1. The maximum Gasteiger partial charge on any atom is 0.224 e. The van der Waals surface area contributed by atoms with E-state index < -0.39 is 0 Å². The number of hydrogen-bond donors (Lipinski definition) is 2. The van der Waals surface area contributed by atoms with E-state index in [4.69, 9.17) is 4.74 Å². The third-order valence-electron chi connectivity index (χ3n) is 5.47. The highest BCUT2D eigenvalue weighted by Gasteiger charge is 2.34.